The fraction of sp³-hybridized carbons (Fsp3) is 0.118. The molecule has 4 heterocycles. The lowest BCUT2D eigenvalue weighted by atomic mass is 10.1. The van der Waals surface area contributed by atoms with Gasteiger partial charge in [0.05, 0.1) is 24.7 Å². The van der Waals surface area contributed by atoms with Gasteiger partial charge < -0.3 is 28.4 Å². The molecule has 2 aromatic heterocycles. The molecule has 0 bridgehead atoms. The Morgan fingerprint density at radius 1 is 0.500 bits per heavy atom. The fourth-order valence-electron chi connectivity index (χ4n) is 6.69. The Bertz CT molecular complexity index is 1990. The monoisotopic (exact) mass is 522 g/mol. The first kappa shape index (κ1) is 21.8. The number of hydrogen-bond acceptors (Lipinski definition) is 6. The number of furan rings is 2. The summed E-state index contributed by atoms with van der Waals surface area (Å²) in [6.45, 7) is 1.51. The molecule has 0 radical (unpaired) electrons. The summed E-state index contributed by atoms with van der Waals surface area (Å²) in [5, 5.41) is 4.63. The van der Waals surface area contributed by atoms with E-state index in [1.165, 1.54) is 0 Å². The predicted molar refractivity (Wildman–Crippen MR) is 165 cm³/mol. The maximum Gasteiger partial charge on any atom is 0.160 e. The lowest BCUT2D eigenvalue weighted by molar-refractivity contribution is 0.668. The van der Waals surface area contributed by atoms with E-state index in [0.29, 0.717) is 0 Å². The van der Waals surface area contributed by atoms with Crippen LogP contribution >= 0.6 is 0 Å². The zero-order valence-electron chi connectivity index (χ0n) is 22.3. The number of para-hydroxylation sites is 2. The molecule has 6 nitrogen and oxygen atoms in total. The molecule has 0 spiro atoms. The second-order valence-electron chi connectivity index (χ2n) is 10.9. The van der Waals surface area contributed by atoms with E-state index >= 15 is 0 Å². The number of rotatable bonds is 2. The summed E-state index contributed by atoms with van der Waals surface area (Å²) >= 11 is 0. The van der Waals surface area contributed by atoms with Crippen molar-refractivity contribution in [2.45, 2.75) is 0 Å². The molecule has 0 fully saturated rings. The molecule has 9 rings (SSSR count). The summed E-state index contributed by atoms with van der Waals surface area (Å²) in [6.07, 6.45) is 0. The molecule has 0 saturated heterocycles. The van der Waals surface area contributed by atoms with E-state index in [9.17, 15) is 0 Å². The fourth-order valence-corrected chi connectivity index (χ4v) is 6.69. The van der Waals surface area contributed by atoms with Crippen LogP contribution in [0.25, 0.3) is 43.9 Å². The molecule has 0 atom stereocenters. The standard InChI is InChI=1S/C34H26N4O2/c1-35-19-37(27-16-14-25-23-10-3-5-12-29(23)39-33(25)31(27)35)21-8-7-9-22(18-21)38-20-36(2)32-28(38)17-15-26-24-11-4-6-13-30(24)40-34(26)32/h3-18H,19-20H2,1-2H3. The van der Waals surface area contributed by atoms with Crippen molar-refractivity contribution < 1.29 is 8.83 Å². The lowest BCUT2D eigenvalue weighted by Gasteiger charge is -2.24. The van der Waals surface area contributed by atoms with Crippen molar-refractivity contribution in [2.75, 3.05) is 47.0 Å². The van der Waals surface area contributed by atoms with Crippen molar-refractivity contribution in [3.8, 4) is 0 Å². The zero-order valence-corrected chi connectivity index (χ0v) is 22.3. The highest BCUT2D eigenvalue weighted by atomic mass is 16.3. The topological polar surface area (TPSA) is 39.2 Å². The average Bonchev–Trinajstić information content (AvgIpc) is 3.73. The number of benzene rings is 5. The van der Waals surface area contributed by atoms with Gasteiger partial charge in [-0.05, 0) is 54.6 Å². The van der Waals surface area contributed by atoms with E-state index in [1.54, 1.807) is 0 Å². The number of fused-ring (bicyclic) bond motifs is 10. The molecule has 0 N–H and O–H groups in total. The maximum absolute atomic E-state index is 6.37. The van der Waals surface area contributed by atoms with Gasteiger partial charge in [0.15, 0.2) is 11.2 Å². The Labute approximate surface area is 230 Å². The Hall–Kier alpha value is -5.10. The third kappa shape index (κ3) is 2.82. The molecule has 2 aliphatic heterocycles. The van der Waals surface area contributed by atoms with Gasteiger partial charge in [0.1, 0.15) is 22.5 Å². The molecule has 40 heavy (non-hydrogen) atoms. The minimum Gasteiger partial charge on any atom is -0.454 e. The van der Waals surface area contributed by atoms with Crippen LogP contribution in [0.3, 0.4) is 0 Å². The third-order valence-electron chi connectivity index (χ3n) is 8.50. The smallest absolute Gasteiger partial charge is 0.160 e. The molecular formula is C34H26N4O2. The largest absolute Gasteiger partial charge is 0.454 e. The molecule has 0 aliphatic carbocycles. The first-order valence-electron chi connectivity index (χ1n) is 13.6. The minimum absolute atomic E-state index is 0.755. The van der Waals surface area contributed by atoms with Gasteiger partial charge in [-0.2, -0.15) is 0 Å². The third-order valence-corrected chi connectivity index (χ3v) is 8.50. The Morgan fingerprint density at radius 3 is 1.48 bits per heavy atom. The molecule has 0 saturated carbocycles. The predicted octanol–water partition coefficient (Wildman–Crippen LogP) is 8.58. The molecular weight excluding hydrogens is 496 g/mol. The maximum atomic E-state index is 6.37. The van der Waals surface area contributed by atoms with Crippen LogP contribution in [0.15, 0.2) is 106 Å². The minimum atomic E-state index is 0.755. The summed E-state index contributed by atoms with van der Waals surface area (Å²) < 4.78 is 12.7. The van der Waals surface area contributed by atoms with Crippen molar-refractivity contribution in [1.29, 1.82) is 0 Å². The van der Waals surface area contributed by atoms with Crippen molar-refractivity contribution >= 4 is 78.0 Å². The van der Waals surface area contributed by atoms with E-state index in [0.717, 1.165) is 91.3 Å². The highest BCUT2D eigenvalue weighted by Crippen LogP contribution is 2.49. The normalized spacial score (nSPS) is 14.8. The Balaban J connectivity index is 1.14. The molecule has 0 amide bonds. The zero-order chi connectivity index (χ0) is 26.5. The summed E-state index contributed by atoms with van der Waals surface area (Å²) in [5.74, 6) is 0. The van der Waals surface area contributed by atoms with Crippen LogP contribution < -0.4 is 19.6 Å². The highest BCUT2D eigenvalue weighted by molar-refractivity contribution is 6.14. The van der Waals surface area contributed by atoms with Crippen LogP contribution in [0, 0.1) is 0 Å². The second kappa shape index (κ2) is 7.73. The SMILES string of the molecule is CN1CN(c2cccc(N3CN(C)c4c3ccc3c4oc4ccccc43)c2)c2ccc3c(oc4ccccc43)c21. The second-order valence-corrected chi connectivity index (χ2v) is 10.9. The summed E-state index contributed by atoms with van der Waals surface area (Å²) in [5.41, 5.74) is 10.7. The number of anilines is 6. The van der Waals surface area contributed by atoms with E-state index in [4.69, 9.17) is 8.83 Å². The molecule has 5 aromatic carbocycles. The van der Waals surface area contributed by atoms with Gasteiger partial charge >= 0.3 is 0 Å². The van der Waals surface area contributed by atoms with Gasteiger partial charge in [-0.15, -0.1) is 0 Å². The van der Waals surface area contributed by atoms with Crippen molar-refractivity contribution in [3.63, 3.8) is 0 Å². The van der Waals surface area contributed by atoms with Crippen molar-refractivity contribution in [1.82, 2.24) is 0 Å². The van der Waals surface area contributed by atoms with E-state index in [1.807, 2.05) is 24.3 Å². The van der Waals surface area contributed by atoms with Crippen LogP contribution in [0.5, 0.6) is 0 Å². The van der Waals surface area contributed by atoms with Crippen molar-refractivity contribution in [2.24, 2.45) is 0 Å². The Kier molecular flexibility index (Phi) is 4.21. The average molecular weight is 523 g/mol. The van der Waals surface area contributed by atoms with Gasteiger partial charge in [0.25, 0.3) is 0 Å². The van der Waals surface area contributed by atoms with Gasteiger partial charge in [0.2, 0.25) is 0 Å². The van der Waals surface area contributed by atoms with Gasteiger partial charge in [-0.3, -0.25) is 0 Å². The van der Waals surface area contributed by atoms with Crippen molar-refractivity contribution in [3.05, 3.63) is 97.1 Å². The van der Waals surface area contributed by atoms with Gasteiger partial charge in [-0.25, -0.2) is 0 Å². The van der Waals surface area contributed by atoms with Gasteiger partial charge in [-0.1, -0.05) is 42.5 Å². The summed E-state index contributed by atoms with van der Waals surface area (Å²) in [6, 6.07) is 34.2. The van der Waals surface area contributed by atoms with Crippen LogP contribution in [0.4, 0.5) is 34.1 Å². The summed E-state index contributed by atoms with van der Waals surface area (Å²) in [7, 11) is 4.28. The van der Waals surface area contributed by atoms with Crippen LogP contribution in [0.1, 0.15) is 0 Å². The van der Waals surface area contributed by atoms with E-state index in [2.05, 4.69) is 106 Å². The molecule has 0 unspecified atom stereocenters. The van der Waals surface area contributed by atoms with Crippen LogP contribution in [-0.4, -0.2) is 27.4 Å². The quantitative estimate of drug-likeness (QED) is 0.226. The first-order chi connectivity index (χ1) is 19.7. The molecule has 194 valence electrons. The summed E-state index contributed by atoms with van der Waals surface area (Å²) in [4.78, 5) is 9.30. The van der Waals surface area contributed by atoms with E-state index in [-0.39, 0.29) is 0 Å². The molecule has 2 aliphatic rings. The first-order valence-corrected chi connectivity index (χ1v) is 13.6. The van der Waals surface area contributed by atoms with Crippen LogP contribution in [0.2, 0.25) is 0 Å². The van der Waals surface area contributed by atoms with Crippen LogP contribution in [-0.2, 0) is 0 Å². The molecule has 6 heteroatoms. The highest BCUT2D eigenvalue weighted by Gasteiger charge is 2.31. The molecule has 7 aromatic rings. The van der Waals surface area contributed by atoms with Gasteiger partial charge in [0, 0.05) is 47.0 Å². The number of hydrogen-bond donors (Lipinski definition) is 0. The number of nitrogens with zero attached hydrogens (tertiary/aromatic N) is 4. The van der Waals surface area contributed by atoms with E-state index < -0.39 is 0 Å². The Morgan fingerprint density at radius 2 is 0.975 bits per heavy atom. The lowest BCUT2D eigenvalue weighted by Crippen LogP contribution is -2.25.